The number of rotatable bonds is 6. The van der Waals surface area contributed by atoms with Gasteiger partial charge < -0.3 is 15.0 Å². The van der Waals surface area contributed by atoms with E-state index in [1.807, 2.05) is 18.1 Å². The summed E-state index contributed by atoms with van der Waals surface area (Å²) in [6.45, 7) is 3.51. The van der Waals surface area contributed by atoms with E-state index in [1.54, 1.807) is 18.0 Å². The van der Waals surface area contributed by atoms with Crippen molar-refractivity contribution >= 4 is 5.91 Å². The molecule has 0 unspecified atom stereocenters. The third-order valence-corrected chi connectivity index (χ3v) is 3.42. The lowest BCUT2D eigenvalue weighted by Gasteiger charge is -2.24. The number of carbonyl (C=O) groups is 1. The molecule has 1 fully saturated rings. The zero-order chi connectivity index (χ0) is 13.7. The average molecular weight is 266 g/mol. The van der Waals surface area contributed by atoms with Gasteiger partial charge in [-0.15, -0.1) is 0 Å². The van der Waals surface area contributed by atoms with Crippen LogP contribution in [0.4, 0.5) is 0 Å². The highest BCUT2D eigenvalue weighted by Crippen LogP contribution is 2.14. The Morgan fingerprint density at radius 1 is 1.68 bits per heavy atom. The Hall–Kier alpha value is -1.40. The Balaban J connectivity index is 1.99. The summed E-state index contributed by atoms with van der Waals surface area (Å²) in [4.78, 5) is 14.3. The van der Waals surface area contributed by atoms with Crippen molar-refractivity contribution in [1.82, 2.24) is 20.0 Å². The van der Waals surface area contributed by atoms with Crippen molar-refractivity contribution in [3.8, 4) is 0 Å². The summed E-state index contributed by atoms with van der Waals surface area (Å²) in [5.74, 6) is 0.319. The zero-order valence-electron chi connectivity index (χ0n) is 11.6. The van der Waals surface area contributed by atoms with E-state index in [-0.39, 0.29) is 11.8 Å². The van der Waals surface area contributed by atoms with Gasteiger partial charge in [-0.2, -0.15) is 5.10 Å². The second kappa shape index (κ2) is 6.68. The molecule has 0 spiro atoms. The fourth-order valence-electron chi connectivity index (χ4n) is 2.37. The molecule has 1 aromatic rings. The molecule has 6 heteroatoms. The van der Waals surface area contributed by atoms with Crippen molar-refractivity contribution in [3.63, 3.8) is 0 Å². The number of ether oxygens (including phenoxy) is 1. The van der Waals surface area contributed by atoms with Crippen LogP contribution in [0.1, 0.15) is 12.0 Å². The summed E-state index contributed by atoms with van der Waals surface area (Å²) in [6.07, 6.45) is 4.68. The normalized spacial score (nSPS) is 18.7. The number of aryl methyl sites for hydroxylation is 1. The fourth-order valence-corrected chi connectivity index (χ4v) is 2.37. The molecule has 1 amide bonds. The van der Waals surface area contributed by atoms with Crippen molar-refractivity contribution in [1.29, 1.82) is 0 Å². The predicted octanol–water partition coefficient (Wildman–Crippen LogP) is 0.00460. The highest BCUT2D eigenvalue weighted by atomic mass is 16.5. The fraction of sp³-hybridized carbons (Fsp3) is 0.692. The number of nitrogens with one attached hydrogen (secondary N) is 1. The summed E-state index contributed by atoms with van der Waals surface area (Å²) in [5, 5.41) is 7.38. The molecule has 1 aromatic heterocycles. The van der Waals surface area contributed by atoms with Crippen LogP contribution < -0.4 is 5.32 Å². The SMILES string of the molecule is COCCN(Cc1cnn(C)c1)C(=O)[C@@H]1CCNC1. The highest BCUT2D eigenvalue weighted by Gasteiger charge is 2.27. The maximum atomic E-state index is 12.5. The van der Waals surface area contributed by atoms with Crippen LogP contribution in [0.15, 0.2) is 12.4 Å². The maximum absolute atomic E-state index is 12.5. The molecule has 19 heavy (non-hydrogen) atoms. The number of nitrogens with zero attached hydrogens (tertiary/aromatic N) is 3. The summed E-state index contributed by atoms with van der Waals surface area (Å²) >= 11 is 0. The van der Waals surface area contributed by atoms with E-state index in [0.29, 0.717) is 19.7 Å². The zero-order valence-corrected chi connectivity index (χ0v) is 11.6. The number of methoxy groups -OCH3 is 1. The Morgan fingerprint density at radius 3 is 3.11 bits per heavy atom. The van der Waals surface area contributed by atoms with Gasteiger partial charge in [-0.1, -0.05) is 0 Å². The van der Waals surface area contributed by atoms with Gasteiger partial charge in [-0.05, 0) is 13.0 Å². The minimum Gasteiger partial charge on any atom is -0.383 e. The van der Waals surface area contributed by atoms with Gasteiger partial charge in [-0.3, -0.25) is 9.48 Å². The molecule has 2 rings (SSSR count). The summed E-state index contributed by atoms with van der Waals surface area (Å²) in [5.41, 5.74) is 1.05. The van der Waals surface area contributed by atoms with E-state index in [4.69, 9.17) is 4.74 Å². The van der Waals surface area contributed by atoms with Crippen LogP contribution >= 0.6 is 0 Å². The third-order valence-electron chi connectivity index (χ3n) is 3.42. The van der Waals surface area contributed by atoms with Crippen LogP contribution in [-0.4, -0.2) is 53.9 Å². The van der Waals surface area contributed by atoms with Gasteiger partial charge in [0.2, 0.25) is 5.91 Å². The molecule has 0 radical (unpaired) electrons. The molecular weight excluding hydrogens is 244 g/mol. The molecule has 0 bridgehead atoms. The largest absolute Gasteiger partial charge is 0.383 e. The topological polar surface area (TPSA) is 59.4 Å². The van der Waals surface area contributed by atoms with Crippen molar-refractivity contribution < 1.29 is 9.53 Å². The van der Waals surface area contributed by atoms with Gasteiger partial charge >= 0.3 is 0 Å². The van der Waals surface area contributed by atoms with Crippen molar-refractivity contribution in [2.24, 2.45) is 13.0 Å². The molecule has 106 valence electrons. The van der Waals surface area contributed by atoms with Crippen molar-refractivity contribution in [3.05, 3.63) is 18.0 Å². The van der Waals surface area contributed by atoms with E-state index < -0.39 is 0 Å². The molecule has 1 aliphatic heterocycles. The van der Waals surface area contributed by atoms with Crippen molar-refractivity contribution in [2.45, 2.75) is 13.0 Å². The molecule has 6 nitrogen and oxygen atoms in total. The standard InChI is InChI=1S/C13H22N4O2/c1-16-9-11(7-15-16)10-17(5-6-19-2)13(18)12-3-4-14-8-12/h7,9,12,14H,3-6,8,10H2,1-2H3/t12-/m1/s1. The van der Waals surface area contributed by atoms with E-state index >= 15 is 0 Å². The Bertz CT molecular complexity index is 413. The van der Waals surface area contributed by atoms with Gasteiger partial charge in [0.25, 0.3) is 0 Å². The molecule has 0 aliphatic carbocycles. The van der Waals surface area contributed by atoms with Crippen LogP contribution in [0.5, 0.6) is 0 Å². The van der Waals surface area contributed by atoms with Crippen LogP contribution in [0.25, 0.3) is 0 Å². The molecular formula is C13H22N4O2. The second-order valence-electron chi connectivity index (χ2n) is 4.96. The minimum absolute atomic E-state index is 0.105. The van der Waals surface area contributed by atoms with Crippen LogP contribution in [-0.2, 0) is 23.1 Å². The average Bonchev–Trinajstić information content (AvgIpc) is 3.05. The molecule has 2 heterocycles. The Morgan fingerprint density at radius 2 is 2.53 bits per heavy atom. The molecule has 1 aliphatic rings. The van der Waals surface area contributed by atoms with Crippen molar-refractivity contribution in [2.75, 3.05) is 33.4 Å². The lowest BCUT2D eigenvalue weighted by atomic mass is 10.1. The van der Waals surface area contributed by atoms with E-state index in [0.717, 1.165) is 25.1 Å². The predicted molar refractivity (Wildman–Crippen MR) is 71.5 cm³/mol. The van der Waals surface area contributed by atoms with Gasteiger partial charge in [0.1, 0.15) is 0 Å². The molecule has 1 N–H and O–H groups in total. The Labute approximate surface area is 113 Å². The van der Waals surface area contributed by atoms with Crippen LogP contribution in [0.2, 0.25) is 0 Å². The van der Waals surface area contributed by atoms with Gasteiger partial charge in [0.05, 0.1) is 18.7 Å². The first-order valence-electron chi connectivity index (χ1n) is 6.66. The van der Waals surface area contributed by atoms with E-state index in [9.17, 15) is 4.79 Å². The van der Waals surface area contributed by atoms with Gasteiger partial charge in [0, 0.05) is 45.6 Å². The second-order valence-corrected chi connectivity index (χ2v) is 4.96. The maximum Gasteiger partial charge on any atom is 0.227 e. The van der Waals surface area contributed by atoms with Crippen LogP contribution in [0, 0.1) is 5.92 Å². The van der Waals surface area contributed by atoms with Gasteiger partial charge in [0.15, 0.2) is 0 Å². The summed E-state index contributed by atoms with van der Waals surface area (Å²) < 4.78 is 6.85. The number of hydrogen-bond donors (Lipinski definition) is 1. The number of hydrogen-bond acceptors (Lipinski definition) is 4. The number of amides is 1. The van der Waals surface area contributed by atoms with Crippen LogP contribution in [0.3, 0.4) is 0 Å². The molecule has 0 aromatic carbocycles. The summed E-state index contributed by atoms with van der Waals surface area (Å²) in [7, 11) is 3.54. The highest BCUT2D eigenvalue weighted by molar-refractivity contribution is 5.79. The Kier molecular flexibility index (Phi) is 4.93. The lowest BCUT2D eigenvalue weighted by Crippen LogP contribution is -2.38. The first-order chi connectivity index (χ1) is 9.20. The third kappa shape index (κ3) is 3.78. The first kappa shape index (κ1) is 14.0. The smallest absolute Gasteiger partial charge is 0.227 e. The first-order valence-corrected chi connectivity index (χ1v) is 6.66. The monoisotopic (exact) mass is 266 g/mol. The van der Waals surface area contributed by atoms with Gasteiger partial charge in [-0.25, -0.2) is 0 Å². The quantitative estimate of drug-likeness (QED) is 0.787. The number of carbonyl (C=O) groups excluding carboxylic acids is 1. The summed E-state index contributed by atoms with van der Waals surface area (Å²) in [6, 6.07) is 0. The minimum atomic E-state index is 0.105. The van der Waals surface area contributed by atoms with E-state index in [1.165, 1.54) is 0 Å². The molecule has 1 atom stereocenters. The molecule has 1 saturated heterocycles. The van der Waals surface area contributed by atoms with E-state index in [2.05, 4.69) is 10.4 Å². The number of aromatic nitrogens is 2. The molecule has 0 saturated carbocycles. The lowest BCUT2D eigenvalue weighted by molar-refractivity contribution is -0.136.